The Morgan fingerprint density at radius 2 is 2.00 bits per heavy atom. The van der Waals surface area contributed by atoms with Crippen molar-refractivity contribution in [2.75, 3.05) is 34.8 Å². The minimum absolute atomic E-state index is 0.478. The third kappa shape index (κ3) is 4.75. The van der Waals surface area contributed by atoms with E-state index in [1.807, 2.05) is 21.1 Å². The van der Waals surface area contributed by atoms with Crippen molar-refractivity contribution in [2.24, 2.45) is 0 Å². The van der Waals surface area contributed by atoms with Gasteiger partial charge in [-0.25, -0.2) is 4.79 Å². The number of hydrogen-bond donors (Lipinski definition) is 1. The number of carboxylic acids is 1. The van der Waals surface area contributed by atoms with Crippen LogP contribution in [-0.2, 0) is 9.53 Å². The summed E-state index contributed by atoms with van der Waals surface area (Å²) in [5.41, 5.74) is 0. The van der Waals surface area contributed by atoms with Crippen molar-refractivity contribution in [1.82, 2.24) is 0 Å². The van der Waals surface area contributed by atoms with Crippen LogP contribution < -0.4 is 0 Å². The van der Waals surface area contributed by atoms with Crippen LogP contribution in [0.2, 0.25) is 0 Å². The molecule has 0 amide bonds. The molecule has 0 bridgehead atoms. The first kappa shape index (κ1) is 10.4. The summed E-state index contributed by atoms with van der Waals surface area (Å²) in [6.07, 6.45) is -0.699. The van der Waals surface area contributed by atoms with Crippen molar-refractivity contribution in [2.45, 2.75) is 6.10 Å². The van der Waals surface area contributed by atoms with E-state index in [-0.39, 0.29) is 0 Å². The van der Waals surface area contributed by atoms with E-state index < -0.39 is 12.1 Å². The largest absolute Gasteiger partial charge is 0.479 e. The predicted octanol–water partition coefficient (Wildman–Crippen LogP) is -0.208. The molecule has 0 aliphatic heterocycles. The number of hydrogen-bond acceptors (Lipinski definition) is 2. The third-order valence-corrected chi connectivity index (χ3v) is 1.27. The second-order valence-electron chi connectivity index (χ2n) is 3.54. The van der Waals surface area contributed by atoms with Gasteiger partial charge < -0.3 is 14.3 Å². The molecule has 4 heteroatoms. The van der Waals surface area contributed by atoms with Gasteiger partial charge in [-0.15, -0.1) is 0 Å². The van der Waals surface area contributed by atoms with Crippen LogP contribution in [0.4, 0.5) is 0 Å². The van der Waals surface area contributed by atoms with E-state index in [9.17, 15) is 4.79 Å². The summed E-state index contributed by atoms with van der Waals surface area (Å²) in [5, 5.41) is 8.60. The molecule has 0 spiro atoms. The fraction of sp³-hybridized carbons (Fsp3) is 0.857. The molecular weight excluding hydrogens is 146 g/mol. The van der Waals surface area contributed by atoms with Gasteiger partial charge in [0.05, 0.1) is 21.1 Å². The van der Waals surface area contributed by atoms with Crippen molar-refractivity contribution >= 4 is 5.97 Å². The number of rotatable bonds is 4. The smallest absolute Gasteiger partial charge is 0.338 e. The molecule has 0 aromatic carbocycles. The Morgan fingerprint density at radius 3 is 2.09 bits per heavy atom. The number of ether oxygens (including phenoxy) is 1. The lowest BCUT2D eigenvalue weighted by atomic mass is 10.3. The van der Waals surface area contributed by atoms with Gasteiger partial charge in [0, 0.05) is 7.11 Å². The number of quaternary nitrogens is 1. The molecule has 66 valence electrons. The van der Waals surface area contributed by atoms with Crippen LogP contribution in [0, 0.1) is 0 Å². The lowest BCUT2D eigenvalue weighted by Crippen LogP contribution is -2.45. The molecule has 1 atom stereocenters. The Hall–Kier alpha value is -0.610. The van der Waals surface area contributed by atoms with Gasteiger partial charge in [0.15, 0.2) is 0 Å². The summed E-state index contributed by atoms with van der Waals surface area (Å²) in [6.45, 7) is 0.478. The van der Waals surface area contributed by atoms with E-state index in [1.54, 1.807) is 0 Å². The average Bonchev–Trinajstić information content (AvgIpc) is 1.80. The second kappa shape index (κ2) is 3.69. The highest BCUT2D eigenvalue weighted by Crippen LogP contribution is 1.98. The predicted molar refractivity (Wildman–Crippen MR) is 41.3 cm³/mol. The molecule has 1 N–H and O–H groups in total. The summed E-state index contributed by atoms with van der Waals surface area (Å²) < 4.78 is 5.36. The van der Waals surface area contributed by atoms with Crippen LogP contribution in [-0.4, -0.2) is 56.5 Å². The standard InChI is InChI=1S/C7H15NO3/c1-8(2,3)5-6(11-4)7(9)10/h6H,5H2,1-4H3/p+1. The van der Waals surface area contributed by atoms with Crippen LogP contribution in [0.1, 0.15) is 0 Å². The van der Waals surface area contributed by atoms with Crippen molar-refractivity contribution < 1.29 is 19.1 Å². The first-order chi connectivity index (χ1) is 4.87. The quantitative estimate of drug-likeness (QED) is 0.582. The van der Waals surface area contributed by atoms with Gasteiger partial charge in [0.2, 0.25) is 6.10 Å². The molecule has 0 aromatic rings. The number of nitrogens with zero attached hydrogens (tertiary/aromatic N) is 1. The van der Waals surface area contributed by atoms with E-state index in [0.717, 1.165) is 0 Å². The fourth-order valence-electron chi connectivity index (χ4n) is 0.751. The Morgan fingerprint density at radius 1 is 1.55 bits per heavy atom. The molecule has 0 saturated carbocycles. The lowest BCUT2D eigenvalue weighted by Gasteiger charge is -2.26. The van der Waals surface area contributed by atoms with Gasteiger partial charge in [-0.2, -0.15) is 0 Å². The topological polar surface area (TPSA) is 46.5 Å². The van der Waals surface area contributed by atoms with Crippen molar-refractivity contribution in [1.29, 1.82) is 0 Å². The van der Waals surface area contributed by atoms with Crippen molar-refractivity contribution in [3.8, 4) is 0 Å². The van der Waals surface area contributed by atoms with E-state index >= 15 is 0 Å². The third-order valence-electron chi connectivity index (χ3n) is 1.27. The van der Waals surface area contributed by atoms with Crippen LogP contribution in [0.5, 0.6) is 0 Å². The first-order valence-electron chi connectivity index (χ1n) is 3.43. The second-order valence-corrected chi connectivity index (χ2v) is 3.54. The summed E-state index contributed by atoms with van der Waals surface area (Å²) in [5.74, 6) is -0.902. The average molecular weight is 162 g/mol. The Labute approximate surface area is 67.0 Å². The zero-order chi connectivity index (χ0) is 9.07. The van der Waals surface area contributed by atoms with Gasteiger partial charge in [0.1, 0.15) is 6.54 Å². The first-order valence-corrected chi connectivity index (χ1v) is 3.43. The number of carbonyl (C=O) groups is 1. The molecule has 0 aliphatic rings. The van der Waals surface area contributed by atoms with Crippen LogP contribution in [0.15, 0.2) is 0 Å². The van der Waals surface area contributed by atoms with E-state index in [2.05, 4.69) is 0 Å². The Kier molecular flexibility index (Phi) is 3.48. The molecule has 0 saturated heterocycles. The van der Waals surface area contributed by atoms with Gasteiger partial charge in [-0.05, 0) is 0 Å². The molecule has 0 aromatic heterocycles. The highest BCUT2D eigenvalue weighted by Gasteiger charge is 2.23. The zero-order valence-electron chi connectivity index (χ0n) is 7.50. The number of carboxylic acid groups (broad SMARTS) is 1. The Bertz CT molecular complexity index is 139. The zero-order valence-corrected chi connectivity index (χ0v) is 7.50. The van der Waals surface area contributed by atoms with E-state index in [0.29, 0.717) is 11.0 Å². The maximum Gasteiger partial charge on any atom is 0.338 e. The monoisotopic (exact) mass is 162 g/mol. The summed E-state index contributed by atoms with van der Waals surface area (Å²) >= 11 is 0. The molecule has 11 heavy (non-hydrogen) atoms. The highest BCUT2D eigenvalue weighted by molar-refractivity contribution is 5.72. The van der Waals surface area contributed by atoms with E-state index in [4.69, 9.17) is 9.84 Å². The Balaban J connectivity index is 3.99. The van der Waals surface area contributed by atoms with Gasteiger partial charge in [-0.1, -0.05) is 0 Å². The number of aliphatic carboxylic acids is 1. The van der Waals surface area contributed by atoms with E-state index in [1.165, 1.54) is 7.11 Å². The van der Waals surface area contributed by atoms with Crippen LogP contribution in [0.25, 0.3) is 0 Å². The van der Waals surface area contributed by atoms with Crippen LogP contribution >= 0.6 is 0 Å². The highest BCUT2D eigenvalue weighted by atomic mass is 16.5. The van der Waals surface area contributed by atoms with Crippen molar-refractivity contribution in [3.05, 3.63) is 0 Å². The SMILES string of the molecule is COC(C[N+](C)(C)C)C(=O)O. The molecule has 0 aliphatic carbocycles. The summed E-state index contributed by atoms with van der Waals surface area (Å²) in [7, 11) is 7.19. The normalized spacial score (nSPS) is 14.5. The molecule has 0 fully saturated rings. The minimum atomic E-state index is -0.902. The maximum atomic E-state index is 10.5. The van der Waals surface area contributed by atoms with Gasteiger partial charge >= 0.3 is 5.97 Å². The molecular formula is C7H16NO3+. The van der Waals surface area contributed by atoms with Gasteiger partial charge in [0.25, 0.3) is 0 Å². The van der Waals surface area contributed by atoms with Crippen molar-refractivity contribution in [3.63, 3.8) is 0 Å². The molecule has 0 rings (SSSR count). The number of methoxy groups -OCH3 is 1. The minimum Gasteiger partial charge on any atom is -0.479 e. The van der Waals surface area contributed by atoms with Crippen LogP contribution in [0.3, 0.4) is 0 Å². The summed E-state index contributed by atoms with van der Waals surface area (Å²) in [6, 6.07) is 0. The molecule has 4 nitrogen and oxygen atoms in total. The fourth-order valence-corrected chi connectivity index (χ4v) is 0.751. The van der Waals surface area contributed by atoms with Gasteiger partial charge in [-0.3, -0.25) is 0 Å². The lowest BCUT2D eigenvalue weighted by molar-refractivity contribution is -0.872. The maximum absolute atomic E-state index is 10.5. The molecule has 0 radical (unpaired) electrons. The molecule has 0 heterocycles. The summed E-state index contributed by atoms with van der Waals surface area (Å²) in [4.78, 5) is 10.5. The number of likely N-dealkylation sites (N-methyl/N-ethyl adjacent to an activating group) is 1. The molecule has 1 unspecified atom stereocenters.